The maximum absolute atomic E-state index is 12.0. The molecular weight excluding hydrogens is 585 g/mol. The Kier molecular flexibility index (Phi) is 8.58. The summed E-state index contributed by atoms with van der Waals surface area (Å²) in [5.41, 5.74) is 3.31. The molecule has 1 saturated carbocycles. The fourth-order valence-electron chi connectivity index (χ4n) is 5.42. The van der Waals surface area contributed by atoms with Crippen LogP contribution in [0.25, 0.3) is 11.3 Å². The van der Waals surface area contributed by atoms with Crippen LogP contribution >= 0.6 is 34.8 Å². The van der Waals surface area contributed by atoms with Crippen molar-refractivity contribution in [3.63, 3.8) is 0 Å². The Morgan fingerprint density at radius 1 is 1.07 bits per heavy atom. The van der Waals surface area contributed by atoms with E-state index in [2.05, 4.69) is 17.3 Å². The van der Waals surface area contributed by atoms with Crippen LogP contribution in [0.2, 0.25) is 15.1 Å². The lowest BCUT2D eigenvalue weighted by molar-refractivity contribution is -0.144. The lowest BCUT2D eigenvalue weighted by Gasteiger charge is -2.21. The summed E-state index contributed by atoms with van der Waals surface area (Å²) >= 11 is 19.8. The highest BCUT2D eigenvalue weighted by atomic mass is 35.5. The standard InChI is InChI=1S/C32H32Cl3NO5/c1-17-13-18(9-11-20(17)31(37)38-4)22-15-23(22)21-12-10-19(14-27(21)35)40-16-24-29(28-25(33)7-6-8-26(28)34)36-41-30(24)32(2,3)39-5/h6-14,17,20,22-23H,15-16H2,1-5H3. The summed E-state index contributed by atoms with van der Waals surface area (Å²) in [6.45, 7) is 5.96. The summed E-state index contributed by atoms with van der Waals surface area (Å²) in [7, 11) is 3.03. The van der Waals surface area contributed by atoms with Gasteiger partial charge in [0.2, 0.25) is 0 Å². The summed E-state index contributed by atoms with van der Waals surface area (Å²) in [5, 5.41) is 5.87. The molecule has 9 heteroatoms. The van der Waals surface area contributed by atoms with E-state index in [1.807, 2.05) is 45.0 Å². The smallest absolute Gasteiger partial charge is 0.313 e. The zero-order chi connectivity index (χ0) is 29.5. The van der Waals surface area contributed by atoms with Crippen LogP contribution in [0.15, 0.2) is 64.7 Å². The molecule has 2 aromatic carbocycles. The zero-order valence-corrected chi connectivity index (χ0v) is 25.8. The highest BCUT2D eigenvalue weighted by Gasteiger charge is 2.42. The maximum atomic E-state index is 12.0. The van der Waals surface area contributed by atoms with Crippen molar-refractivity contribution in [1.82, 2.24) is 5.16 Å². The van der Waals surface area contributed by atoms with Crippen LogP contribution in [0.4, 0.5) is 0 Å². The molecule has 2 aliphatic carbocycles. The Bertz CT molecular complexity index is 1510. The van der Waals surface area contributed by atoms with E-state index < -0.39 is 5.60 Å². The Labute approximate surface area is 255 Å². The molecule has 1 fully saturated rings. The van der Waals surface area contributed by atoms with Crippen molar-refractivity contribution in [3.8, 4) is 17.0 Å². The highest BCUT2D eigenvalue weighted by Crippen LogP contribution is 2.55. The number of hydrogen-bond acceptors (Lipinski definition) is 6. The Hall–Kier alpha value is -2.77. The van der Waals surface area contributed by atoms with E-state index in [1.165, 1.54) is 12.7 Å². The fraction of sp³-hybridized carbons (Fsp3) is 0.375. The molecule has 41 heavy (non-hydrogen) atoms. The van der Waals surface area contributed by atoms with Gasteiger partial charge in [-0.05, 0) is 73.4 Å². The molecule has 0 radical (unpaired) electrons. The van der Waals surface area contributed by atoms with E-state index in [4.69, 9.17) is 53.5 Å². The molecule has 0 saturated heterocycles. The molecule has 6 nitrogen and oxygen atoms in total. The number of esters is 1. The number of methoxy groups -OCH3 is 2. The topological polar surface area (TPSA) is 70.8 Å². The number of nitrogens with zero attached hydrogens (tertiary/aromatic N) is 1. The van der Waals surface area contributed by atoms with Crippen molar-refractivity contribution < 1.29 is 23.5 Å². The van der Waals surface area contributed by atoms with Gasteiger partial charge in [-0.15, -0.1) is 0 Å². The highest BCUT2D eigenvalue weighted by molar-refractivity contribution is 6.39. The molecule has 5 rings (SSSR count). The molecule has 2 aliphatic rings. The number of benzene rings is 2. The Balaban J connectivity index is 1.34. The first-order chi connectivity index (χ1) is 19.6. The van der Waals surface area contributed by atoms with Gasteiger partial charge in [-0.25, -0.2) is 0 Å². The van der Waals surface area contributed by atoms with Crippen molar-refractivity contribution in [2.75, 3.05) is 14.2 Å². The number of carbonyl (C=O) groups is 1. The number of rotatable bonds is 9. The van der Waals surface area contributed by atoms with Crippen molar-refractivity contribution in [2.24, 2.45) is 17.8 Å². The molecule has 0 spiro atoms. The minimum atomic E-state index is -0.767. The molecule has 0 aliphatic heterocycles. The van der Waals surface area contributed by atoms with E-state index in [1.54, 1.807) is 25.3 Å². The van der Waals surface area contributed by atoms with Gasteiger partial charge in [-0.1, -0.05) is 77.2 Å². The van der Waals surface area contributed by atoms with E-state index in [0.717, 1.165) is 12.0 Å². The van der Waals surface area contributed by atoms with Crippen molar-refractivity contribution in [1.29, 1.82) is 0 Å². The Morgan fingerprint density at radius 2 is 1.80 bits per heavy atom. The predicted molar refractivity (Wildman–Crippen MR) is 161 cm³/mol. The molecular formula is C32H32Cl3NO5. The summed E-state index contributed by atoms with van der Waals surface area (Å²) < 4.78 is 22.6. The van der Waals surface area contributed by atoms with Crippen LogP contribution in [-0.4, -0.2) is 25.3 Å². The van der Waals surface area contributed by atoms with Crippen molar-refractivity contribution >= 4 is 40.8 Å². The lowest BCUT2D eigenvalue weighted by atomic mass is 9.85. The third kappa shape index (κ3) is 5.94. The first kappa shape index (κ1) is 29.7. The minimum Gasteiger partial charge on any atom is -0.489 e. The molecule has 216 valence electrons. The molecule has 1 aromatic heterocycles. The van der Waals surface area contributed by atoms with Gasteiger partial charge in [0.15, 0.2) is 5.76 Å². The van der Waals surface area contributed by atoms with E-state index in [0.29, 0.717) is 55.2 Å². The van der Waals surface area contributed by atoms with Crippen LogP contribution < -0.4 is 4.74 Å². The number of allylic oxidation sites excluding steroid dienone is 3. The van der Waals surface area contributed by atoms with E-state index in [9.17, 15) is 4.79 Å². The monoisotopic (exact) mass is 615 g/mol. The number of aromatic nitrogens is 1. The summed E-state index contributed by atoms with van der Waals surface area (Å²) in [4.78, 5) is 12.0. The fourth-order valence-corrected chi connectivity index (χ4v) is 6.31. The first-order valence-corrected chi connectivity index (χ1v) is 14.6. The molecule has 0 amide bonds. The van der Waals surface area contributed by atoms with E-state index >= 15 is 0 Å². The van der Waals surface area contributed by atoms with Gasteiger partial charge in [0.1, 0.15) is 23.7 Å². The van der Waals surface area contributed by atoms with Gasteiger partial charge < -0.3 is 18.7 Å². The number of ether oxygens (including phenoxy) is 3. The van der Waals surface area contributed by atoms with Gasteiger partial charge in [-0.2, -0.15) is 0 Å². The zero-order valence-electron chi connectivity index (χ0n) is 23.5. The predicted octanol–water partition coefficient (Wildman–Crippen LogP) is 8.79. The van der Waals surface area contributed by atoms with Crippen LogP contribution in [0.1, 0.15) is 50.0 Å². The second-order valence-electron chi connectivity index (χ2n) is 11.0. The van der Waals surface area contributed by atoms with Crippen LogP contribution in [0.5, 0.6) is 5.75 Å². The van der Waals surface area contributed by atoms with Gasteiger partial charge >= 0.3 is 5.97 Å². The van der Waals surface area contributed by atoms with Crippen LogP contribution in [0.3, 0.4) is 0 Å². The third-order valence-electron chi connectivity index (χ3n) is 8.01. The average molecular weight is 617 g/mol. The molecule has 0 N–H and O–H groups in total. The van der Waals surface area contributed by atoms with Gasteiger partial charge in [0.05, 0.1) is 28.6 Å². The minimum absolute atomic E-state index is 0.0888. The van der Waals surface area contributed by atoms with Gasteiger partial charge in [0, 0.05) is 17.7 Å². The second-order valence-corrected chi connectivity index (χ2v) is 12.2. The quantitative estimate of drug-likeness (QED) is 0.224. The van der Waals surface area contributed by atoms with Gasteiger partial charge in [0.25, 0.3) is 0 Å². The van der Waals surface area contributed by atoms with Crippen molar-refractivity contribution in [2.45, 2.75) is 45.3 Å². The maximum Gasteiger partial charge on any atom is 0.313 e. The molecule has 4 atom stereocenters. The molecule has 1 heterocycles. The second kappa shape index (κ2) is 11.8. The molecule has 0 bridgehead atoms. The van der Waals surface area contributed by atoms with Crippen molar-refractivity contribution in [3.05, 3.63) is 92.2 Å². The van der Waals surface area contributed by atoms with Crippen LogP contribution in [0, 0.1) is 17.8 Å². The van der Waals surface area contributed by atoms with Crippen LogP contribution in [-0.2, 0) is 26.5 Å². The average Bonchev–Trinajstić information content (AvgIpc) is 3.62. The Morgan fingerprint density at radius 3 is 2.44 bits per heavy atom. The SMILES string of the molecule is COC(=O)C1C=CC(C2CC2c2ccc(OCc3c(-c4c(Cl)cccc4Cl)noc3C(C)(C)OC)cc2Cl)=CC1C. The molecule has 4 unspecified atom stereocenters. The number of halogens is 3. The summed E-state index contributed by atoms with van der Waals surface area (Å²) in [6, 6.07) is 11.1. The number of carbonyl (C=O) groups excluding carboxylic acids is 1. The summed E-state index contributed by atoms with van der Waals surface area (Å²) in [6.07, 6.45) is 7.19. The van der Waals surface area contributed by atoms with Gasteiger partial charge in [-0.3, -0.25) is 4.79 Å². The normalized spacial score (nSPS) is 21.9. The van der Waals surface area contributed by atoms with E-state index in [-0.39, 0.29) is 24.4 Å². The molecule has 3 aromatic rings. The largest absolute Gasteiger partial charge is 0.489 e. The number of hydrogen-bond donors (Lipinski definition) is 0. The lowest BCUT2D eigenvalue weighted by Crippen LogP contribution is -2.22. The third-order valence-corrected chi connectivity index (χ3v) is 8.97. The summed E-state index contributed by atoms with van der Waals surface area (Å²) in [5.74, 6) is 1.46. The first-order valence-electron chi connectivity index (χ1n) is 13.4.